The Bertz CT molecular complexity index is 875. The Morgan fingerprint density at radius 3 is 2.62 bits per heavy atom. The zero-order valence-corrected chi connectivity index (χ0v) is 13.6. The third-order valence-electron chi connectivity index (χ3n) is 2.92. The van der Waals surface area contributed by atoms with Crippen molar-refractivity contribution in [2.45, 2.75) is 5.16 Å². The van der Waals surface area contributed by atoms with Crippen molar-refractivity contribution in [3.63, 3.8) is 0 Å². The second-order valence-electron chi connectivity index (χ2n) is 4.60. The van der Waals surface area contributed by atoms with E-state index in [0.717, 1.165) is 11.8 Å². The molecule has 2 heterocycles. The smallest absolute Gasteiger partial charge is 0.313 e. The van der Waals surface area contributed by atoms with Crippen molar-refractivity contribution in [1.82, 2.24) is 14.8 Å². The maximum atomic E-state index is 12.3. The van der Waals surface area contributed by atoms with E-state index in [1.165, 1.54) is 17.0 Å². The highest BCUT2D eigenvalue weighted by atomic mass is 35.5. The molecule has 0 unspecified atom stereocenters. The molecule has 9 heteroatoms. The van der Waals surface area contributed by atoms with E-state index in [1.54, 1.807) is 30.3 Å². The second kappa shape index (κ2) is 6.90. The molecule has 24 heavy (non-hydrogen) atoms. The molecule has 1 N–H and O–H groups in total. The van der Waals surface area contributed by atoms with E-state index in [9.17, 15) is 9.59 Å². The predicted octanol–water partition coefficient (Wildman–Crippen LogP) is 2.92. The van der Waals surface area contributed by atoms with Crippen LogP contribution in [0.2, 0.25) is 5.02 Å². The standard InChI is InChI=1S/C15H10ClN3O4S/c16-9-3-5-10(6-4-9)19-15(24-8-12(20)21)17-14(18-19)13(22)11-2-1-7-23-11/h1-7H,8H2,(H,20,21). The van der Waals surface area contributed by atoms with Crippen LogP contribution in [-0.4, -0.2) is 37.4 Å². The number of carbonyl (C=O) groups is 2. The molecule has 2 aromatic heterocycles. The van der Waals surface area contributed by atoms with E-state index >= 15 is 0 Å². The van der Waals surface area contributed by atoms with Gasteiger partial charge in [0.2, 0.25) is 5.82 Å². The molecule has 122 valence electrons. The van der Waals surface area contributed by atoms with E-state index in [-0.39, 0.29) is 22.5 Å². The number of benzene rings is 1. The van der Waals surface area contributed by atoms with Crippen molar-refractivity contribution < 1.29 is 19.1 Å². The van der Waals surface area contributed by atoms with Crippen molar-refractivity contribution in [3.8, 4) is 5.69 Å². The van der Waals surface area contributed by atoms with Crippen LogP contribution in [0, 0.1) is 0 Å². The van der Waals surface area contributed by atoms with E-state index < -0.39 is 11.8 Å². The zero-order valence-electron chi connectivity index (χ0n) is 12.0. The lowest BCUT2D eigenvalue weighted by atomic mass is 10.3. The van der Waals surface area contributed by atoms with E-state index in [4.69, 9.17) is 21.1 Å². The first-order chi connectivity index (χ1) is 11.5. The minimum absolute atomic E-state index is 0.0761. The van der Waals surface area contributed by atoms with E-state index in [1.807, 2.05) is 0 Å². The van der Waals surface area contributed by atoms with Crippen molar-refractivity contribution in [2.75, 3.05) is 5.75 Å². The summed E-state index contributed by atoms with van der Waals surface area (Å²) in [6, 6.07) is 9.82. The highest BCUT2D eigenvalue weighted by Crippen LogP contribution is 2.22. The van der Waals surface area contributed by atoms with Crippen LogP contribution in [0.1, 0.15) is 16.4 Å². The van der Waals surface area contributed by atoms with Crippen LogP contribution in [0.5, 0.6) is 0 Å². The first-order valence-electron chi connectivity index (χ1n) is 6.70. The largest absolute Gasteiger partial charge is 0.481 e. The third-order valence-corrected chi connectivity index (χ3v) is 4.09. The minimum atomic E-state index is -0.996. The van der Waals surface area contributed by atoms with E-state index in [0.29, 0.717) is 10.7 Å². The average molecular weight is 364 g/mol. The number of rotatable bonds is 6. The van der Waals surface area contributed by atoms with Crippen molar-refractivity contribution >= 4 is 35.1 Å². The van der Waals surface area contributed by atoms with Crippen LogP contribution in [0.4, 0.5) is 0 Å². The minimum Gasteiger partial charge on any atom is -0.481 e. The quantitative estimate of drug-likeness (QED) is 0.531. The number of nitrogens with zero attached hydrogens (tertiary/aromatic N) is 3. The van der Waals surface area contributed by atoms with Gasteiger partial charge in [0.1, 0.15) is 0 Å². The summed E-state index contributed by atoms with van der Waals surface area (Å²) in [5.74, 6) is -1.65. The third kappa shape index (κ3) is 3.50. The second-order valence-corrected chi connectivity index (χ2v) is 5.97. The Hall–Kier alpha value is -2.58. The number of hydrogen-bond donors (Lipinski definition) is 1. The van der Waals surface area contributed by atoms with Gasteiger partial charge in [-0.15, -0.1) is 5.10 Å². The van der Waals surface area contributed by atoms with Gasteiger partial charge in [-0.3, -0.25) is 9.59 Å². The highest BCUT2D eigenvalue weighted by molar-refractivity contribution is 7.99. The van der Waals surface area contributed by atoms with Gasteiger partial charge in [-0.1, -0.05) is 23.4 Å². The van der Waals surface area contributed by atoms with Crippen molar-refractivity contribution in [2.24, 2.45) is 0 Å². The normalized spacial score (nSPS) is 10.7. The molecule has 1 aromatic carbocycles. The summed E-state index contributed by atoms with van der Waals surface area (Å²) in [5, 5.41) is 13.9. The summed E-state index contributed by atoms with van der Waals surface area (Å²) in [4.78, 5) is 27.3. The number of aliphatic carboxylic acids is 1. The Kier molecular flexibility index (Phi) is 4.68. The molecule has 0 spiro atoms. The number of carboxylic acid groups (broad SMARTS) is 1. The van der Waals surface area contributed by atoms with Gasteiger partial charge in [0.15, 0.2) is 10.9 Å². The molecule has 0 bridgehead atoms. The van der Waals surface area contributed by atoms with Gasteiger partial charge in [-0.2, -0.15) is 4.98 Å². The Labute approximate surface area is 145 Å². The summed E-state index contributed by atoms with van der Waals surface area (Å²) in [6.45, 7) is 0. The maximum Gasteiger partial charge on any atom is 0.313 e. The predicted molar refractivity (Wildman–Crippen MR) is 86.9 cm³/mol. The number of halogens is 1. The molecule has 0 aliphatic rings. The van der Waals surface area contributed by atoms with Crippen molar-refractivity contribution in [3.05, 3.63) is 59.3 Å². The summed E-state index contributed by atoms with van der Waals surface area (Å²) in [5.41, 5.74) is 0.610. The SMILES string of the molecule is O=C(O)CSc1nc(C(=O)c2ccco2)nn1-c1ccc(Cl)cc1. The number of thioether (sulfide) groups is 1. The number of ketones is 1. The van der Waals surface area contributed by atoms with Gasteiger partial charge >= 0.3 is 5.97 Å². The lowest BCUT2D eigenvalue weighted by Gasteiger charge is -2.04. The highest BCUT2D eigenvalue weighted by Gasteiger charge is 2.21. The van der Waals surface area contributed by atoms with Gasteiger partial charge in [-0.25, -0.2) is 4.68 Å². The number of furan rings is 1. The molecule has 0 amide bonds. The molecule has 0 aliphatic carbocycles. The summed E-state index contributed by atoms with van der Waals surface area (Å²) in [6.07, 6.45) is 1.38. The van der Waals surface area contributed by atoms with Crippen LogP contribution in [0.25, 0.3) is 5.69 Å². The molecular formula is C15H10ClN3O4S. The molecule has 3 aromatic rings. The van der Waals surface area contributed by atoms with Gasteiger partial charge < -0.3 is 9.52 Å². The summed E-state index contributed by atoms with van der Waals surface area (Å²) < 4.78 is 6.46. The fourth-order valence-corrected chi connectivity index (χ4v) is 2.68. The first-order valence-corrected chi connectivity index (χ1v) is 8.07. The number of aromatic nitrogens is 3. The number of hydrogen-bond acceptors (Lipinski definition) is 6. The van der Waals surface area contributed by atoms with Crippen molar-refractivity contribution in [1.29, 1.82) is 0 Å². The molecule has 0 fully saturated rings. The fraction of sp³-hybridized carbons (Fsp3) is 0.0667. The van der Waals surface area contributed by atoms with Gasteiger partial charge in [0.25, 0.3) is 5.78 Å². The topological polar surface area (TPSA) is 98.2 Å². The van der Waals surface area contributed by atoms with Crippen LogP contribution in [0.15, 0.2) is 52.2 Å². The zero-order chi connectivity index (χ0) is 17.1. The average Bonchev–Trinajstić information content (AvgIpc) is 3.23. The number of carbonyl (C=O) groups excluding carboxylic acids is 1. The first kappa shape index (κ1) is 16.3. The van der Waals surface area contributed by atoms with Crippen LogP contribution < -0.4 is 0 Å². The molecule has 0 atom stereocenters. The Balaban J connectivity index is 2.00. The van der Waals surface area contributed by atoms with Gasteiger partial charge in [0, 0.05) is 5.02 Å². The van der Waals surface area contributed by atoms with Gasteiger partial charge in [-0.05, 0) is 36.4 Å². The summed E-state index contributed by atoms with van der Waals surface area (Å²) >= 11 is 6.83. The Morgan fingerprint density at radius 2 is 2.00 bits per heavy atom. The monoisotopic (exact) mass is 363 g/mol. The van der Waals surface area contributed by atoms with Gasteiger partial charge in [0.05, 0.1) is 17.7 Å². The lowest BCUT2D eigenvalue weighted by molar-refractivity contribution is -0.133. The Morgan fingerprint density at radius 1 is 1.25 bits per heavy atom. The van der Waals surface area contributed by atoms with E-state index in [2.05, 4.69) is 10.1 Å². The van der Waals surface area contributed by atoms with Crippen LogP contribution >= 0.6 is 23.4 Å². The lowest BCUT2D eigenvalue weighted by Crippen LogP contribution is -2.04. The number of carboxylic acids is 1. The molecule has 0 aliphatic heterocycles. The molecule has 3 rings (SSSR count). The van der Waals surface area contributed by atoms with Crippen LogP contribution in [-0.2, 0) is 4.79 Å². The molecule has 0 radical (unpaired) electrons. The molecule has 0 saturated carbocycles. The van der Waals surface area contributed by atoms with Crippen LogP contribution in [0.3, 0.4) is 0 Å². The molecular weight excluding hydrogens is 354 g/mol. The maximum absolute atomic E-state index is 12.3. The molecule has 7 nitrogen and oxygen atoms in total. The fourth-order valence-electron chi connectivity index (χ4n) is 1.88. The summed E-state index contributed by atoms with van der Waals surface area (Å²) in [7, 11) is 0. The molecule has 0 saturated heterocycles.